The van der Waals surface area contributed by atoms with Gasteiger partial charge in [-0.1, -0.05) is 6.07 Å². The van der Waals surface area contributed by atoms with E-state index in [2.05, 4.69) is 4.98 Å². The van der Waals surface area contributed by atoms with E-state index in [-0.39, 0.29) is 0 Å². The molecular weight excluding hydrogens is 258 g/mol. The average Bonchev–Trinajstić information content (AvgIpc) is 2.91. The zero-order valence-corrected chi connectivity index (χ0v) is 11.5. The lowest BCUT2D eigenvalue weighted by Gasteiger charge is -2.00. The van der Waals surface area contributed by atoms with Gasteiger partial charge in [0.05, 0.1) is 24.4 Å². The van der Waals surface area contributed by atoms with Crippen LogP contribution in [-0.2, 0) is 0 Å². The lowest BCUT2D eigenvalue weighted by Crippen LogP contribution is -1.82. The molecule has 3 aromatic rings. The molecule has 96 valence electrons. The molecular formula is C15H13NO2S. The third kappa shape index (κ3) is 2.15. The maximum Gasteiger partial charge on any atom is 0.138 e. The number of fused-ring (bicyclic) bond motifs is 1. The molecule has 0 unspecified atom stereocenters. The van der Waals surface area contributed by atoms with Crippen LogP contribution < -0.4 is 9.47 Å². The molecule has 0 N–H and O–H groups in total. The lowest BCUT2D eigenvalue weighted by molar-refractivity contribution is 0.415. The fourth-order valence-electron chi connectivity index (χ4n) is 1.94. The zero-order chi connectivity index (χ0) is 13.2. The van der Waals surface area contributed by atoms with Crippen LogP contribution in [0.5, 0.6) is 11.5 Å². The van der Waals surface area contributed by atoms with Gasteiger partial charge in [0.1, 0.15) is 16.5 Å². The third-order valence-corrected chi connectivity index (χ3v) is 4.07. The minimum absolute atomic E-state index is 0.849. The van der Waals surface area contributed by atoms with Crippen molar-refractivity contribution in [2.24, 2.45) is 0 Å². The molecule has 0 aliphatic carbocycles. The highest BCUT2D eigenvalue weighted by molar-refractivity contribution is 7.22. The van der Waals surface area contributed by atoms with Gasteiger partial charge in [-0.05, 0) is 36.4 Å². The first kappa shape index (κ1) is 12.0. The van der Waals surface area contributed by atoms with Gasteiger partial charge in [0.25, 0.3) is 0 Å². The van der Waals surface area contributed by atoms with E-state index in [0.717, 1.165) is 32.3 Å². The Kier molecular flexibility index (Phi) is 3.09. The van der Waals surface area contributed by atoms with Crippen LogP contribution in [0.2, 0.25) is 0 Å². The van der Waals surface area contributed by atoms with Gasteiger partial charge in [0, 0.05) is 5.56 Å². The summed E-state index contributed by atoms with van der Waals surface area (Å²) in [6.45, 7) is 0. The van der Waals surface area contributed by atoms with E-state index in [1.807, 2.05) is 42.5 Å². The average molecular weight is 271 g/mol. The quantitative estimate of drug-likeness (QED) is 0.722. The molecule has 3 nitrogen and oxygen atoms in total. The van der Waals surface area contributed by atoms with Gasteiger partial charge < -0.3 is 9.47 Å². The molecule has 0 spiro atoms. The predicted molar refractivity (Wildman–Crippen MR) is 78.2 cm³/mol. The summed E-state index contributed by atoms with van der Waals surface area (Å²) in [6.07, 6.45) is 0. The number of nitrogens with zero attached hydrogens (tertiary/aromatic N) is 1. The molecule has 0 radical (unpaired) electrons. The van der Waals surface area contributed by atoms with Crippen molar-refractivity contribution in [3.8, 4) is 22.1 Å². The van der Waals surface area contributed by atoms with Crippen LogP contribution in [0, 0.1) is 0 Å². The summed E-state index contributed by atoms with van der Waals surface area (Å²) < 4.78 is 11.6. The standard InChI is InChI=1S/C15H13NO2S/c1-17-11-8-6-10(7-9-11)15-16-12-4-3-5-13(18-2)14(12)19-15/h3-9H,1-2H3. The van der Waals surface area contributed by atoms with Crippen LogP contribution >= 0.6 is 11.3 Å². The van der Waals surface area contributed by atoms with Gasteiger partial charge in [-0.2, -0.15) is 0 Å². The number of ether oxygens (including phenoxy) is 2. The Hall–Kier alpha value is -2.07. The fourth-order valence-corrected chi connectivity index (χ4v) is 3.00. The molecule has 0 aliphatic rings. The lowest BCUT2D eigenvalue weighted by atomic mass is 10.2. The summed E-state index contributed by atoms with van der Waals surface area (Å²) in [5.41, 5.74) is 2.05. The first-order valence-electron chi connectivity index (χ1n) is 5.90. The Labute approximate surface area is 115 Å². The van der Waals surface area contributed by atoms with Crippen molar-refractivity contribution in [1.82, 2.24) is 4.98 Å². The second-order valence-corrected chi connectivity index (χ2v) is 5.06. The van der Waals surface area contributed by atoms with E-state index in [1.54, 1.807) is 25.6 Å². The molecule has 0 aliphatic heterocycles. The predicted octanol–water partition coefficient (Wildman–Crippen LogP) is 3.98. The van der Waals surface area contributed by atoms with Crippen LogP contribution in [-0.4, -0.2) is 19.2 Å². The molecule has 0 atom stereocenters. The van der Waals surface area contributed by atoms with Gasteiger partial charge in [-0.25, -0.2) is 4.98 Å². The molecule has 0 bridgehead atoms. The molecule has 19 heavy (non-hydrogen) atoms. The molecule has 1 aromatic heterocycles. The van der Waals surface area contributed by atoms with E-state index in [0.29, 0.717) is 0 Å². The number of rotatable bonds is 3. The fraction of sp³-hybridized carbons (Fsp3) is 0.133. The van der Waals surface area contributed by atoms with Crippen molar-refractivity contribution in [3.63, 3.8) is 0 Å². The number of hydrogen-bond acceptors (Lipinski definition) is 4. The number of methoxy groups -OCH3 is 2. The van der Waals surface area contributed by atoms with Gasteiger partial charge >= 0.3 is 0 Å². The van der Waals surface area contributed by atoms with Crippen molar-refractivity contribution in [2.45, 2.75) is 0 Å². The summed E-state index contributed by atoms with van der Waals surface area (Å²) in [7, 11) is 3.35. The smallest absolute Gasteiger partial charge is 0.138 e. The first-order valence-corrected chi connectivity index (χ1v) is 6.71. The van der Waals surface area contributed by atoms with Gasteiger partial charge in [0.2, 0.25) is 0 Å². The maximum atomic E-state index is 5.36. The molecule has 0 amide bonds. The summed E-state index contributed by atoms with van der Waals surface area (Å²) in [6, 6.07) is 13.8. The molecule has 2 aromatic carbocycles. The summed E-state index contributed by atoms with van der Waals surface area (Å²) in [4.78, 5) is 4.64. The Morgan fingerprint density at radius 2 is 1.74 bits per heavy atom. The van der Waals surface area contributed by atoms with Crippen LogP contribution in [0.4, 0.5) is 0 Å². The van der Waals surface area contributed by atoms with E-state index in [4.69, 9.17) is 9.47 Å². The van der Waals surface area contributed by atoms with E-state index >= 15 is 0 Å². The van der Waals surface area contributed by atoms with Gasteiger partial charge in [-0.15, -0.1) is 11.3 Å². The monoisotopic (exact) mass is 271 g/mol. The number of benzene rings is 2. The van der Waals surface area contributed by atoms with Crippen LogP contribution in [0.3, 0.4) is 0 Å². The van der Waals surface area contributed by atoms with Crippen molar-refractivity contribution in [2.75, 3.05) is 14.2 Å². The number of hydrogen-bond donors (Lipinski definition) is 0. The Bertz CT molecular complexity index is 704. The second kappa shape index (κ2) is 4.90. The molecule has 0 saturated carbocycles. The Balaban J connectivity index is 2.09. The van der Waals surface area contributed by atoms with E-state index in [9.17, 15) is 0 Å². The Morgan fingerprint density at radius 1 is 0.947 bits per heavy atom. The maximum absolute atomic E-state index is 5.36. The minimum Gasteiger partial charge on any atom is -0.497 e. The van der Waals surface area contributed by atoms with Crippen molar-refractivity contribution in [1.29, 1.82) is 0 Å². The highest BCUT2D eigenvalue weighted by Crippen LogP contribution is 2.36. The summed E-state index contributed by atoms with van der Waals surface area (Å²) >= 11 is 1.64. The largest absolute Gasteiger partial charge is 0.497 e. The topological polar surface area (TPSA) is 31.4 Å². The molecule has 3 rings (SSSR count). The van der Waals surface area contributed by atoms with E-state index < -0.39 is 0 Å². The zero-order valence-electron chi connectivity index (χ0n) is 10.7. The van der Waals surface area contributed by atoms with Crippen LogP contribution in [0.25, 0.3) is 20.8 Å². The first-order chi connectivity index (χ1) is 9.31. The van der Waals surface area contributed by atoms with Crippen molar-refractivity contribution in [3.05, 3.63) is 42.5 Å². The molecule has 4 heteroatoms. The van der Waals surface area contributed by atoms with E-state index in [1.165, 1.54) is 0 Å². The Morgan fingerprint density at radius 3 is 2.42 bits per heavy atom. The third-order valence-electron chi connectivity index (χ3n) is 2.94. The van der Waals surface area contributed by atoms with Crippen LogP contribution in [0.1, 0.15) is 0 Å². The minimum atomic E-state index is 0.849. The normalized spacial score (nSPS) is 10.6. The van der Waals surface area contributed by atoms with Crippen molar-refractivity contribution < 1.29 is 9.47 Å². The molecule has 0 fully saturated rings. The highest BCUT2D eigenvalue weighted by atomic mass is 32.1. The van der Waals surface area contributed by atoms with Crippen molar-refractivity contribution >= 4 is 21.6 Å². The highest BCUT2D eigenvalue weighted by Gasteiger charge is 2.09. The number of thiazole rings is 1. The molecule has 1 heterocycles. The molecule has 0 saturated heterocycles. The summed E-state index contributed by atoms with van der Waals surface area (Å²) in [5.74, 6) is 1.72. The van der Waals surface area contributed by atoms with Gasteiger partial charge in [0.15, 0.2) is 0 Å². The second-order valence-electron chi connectivity index (χ2n) is 4.06. The number of aromatic nitrogens is 1. The van der Waals surface area contributed by atoms with Crippen LogP contribution in [0.15, 0.2) is 42.5 Å². The van der Waals surface area contributed by atoms with Gasteiger partial charge in [-0.3, -0.25) is 0 Å². The SMILES string of the molecule is COc1ccc(-c2nc3cccc(OC)c3s2)cc1. The summed E-state index contributed by atoms with van der Waals surface area (Å²) in [5, 5.41) is 0.988.